The molecule has 0 amide bonds. The smallest absolute Gasteiger partial charge is 0.143 e. The first-order chi connectivity index (χ1) is 27.7. The van der Waals surface area contributed by atoms with Gasteiger partial charge in [0.05, 0.1) is 0 Å². The molecule has 2 heteroatoms. The summed E-state index contributed by atoms with van der Waals surface area (Å²) >= 11 is 0. The average molecular weight is 712 g/mol. The van der Waals surface area contributed by atoms with Gasteiger partial charge >= 0.3 is 0 Å². The van der Waals surface area contributed by atoms with E-state index in [4.69, 9.17) is 4.42 Å². The van der Waals surface area contributed by atoms with Crippen LogP contribution < -0.4 is 4.90 Å². The van der Waals surface area contributed by atoms with Crippen molar-refractivity contribution in [2.75, 3.05) is 4.90 Å². The molecule has 1 aliphatic rings. The predicted octanol–water partition coefficient (Wildman–Crippen LogP) is 15.5. The van der Waals surface area contributed by atoms with E-state index in [1.807, 2.05) is 12.1 Å². The maximum absolute atomic E-state index is 6.44. The summed E-state index contributed by atoms with van der Waals surface area (Å²) in [7, 11) is 0. The number of furan rings is 1. The molecular weight excluding hydrogens is 679 g/mol. The van der Waals surface area contributed by atoms with E-state index in [0.29, 0.717) is 0 Å². The quantitative estimate of drug-likeness (QED) is 0.165. The van der Waals surface area contributed by atoms with E-state index < -0.39 is 0 Å². The van der Waals surface area contributed by atoms with E-state index in [9.17, 15) is 0 Å². The van der Waals surface area contributed by atoms with Crippen LogP contribution in [0.15, 0.2) is 205 Å². The molecule has 1 aliphatic carbocycles. The van der Waals surface area contributed by atoms with E-state index >= 15 is 0 Å². The first kappa shape index (κ1) is 31.0. The maximum Gasteiger partial charge on any atom is 0.143 e. The summed E-state index contributed by atoms with van der Waals surface area (Å²) in [4.78, 5) is 2.40. The Hall–Kier alpha value is -7.42. The summed E-state index contributed by atoms with van der Waals surface area (Å²) in [5.41, 5.74) is 14.9. The number of rotatable bonds is 5. The Balaban J connectivity index is 1.01. The van der Waals surface area contributed by atoms with Gasteiger partial charge in [-0.3, -0.25) is 0 Å². The van der Waals surface area contributed by atoms with Gasteiger partial charge in [0.15, 0.2) is 0 Å². The van der Waals surface area contributed by atoms with Crippen LogP contribution in [0, 0.1) is 0 Å². The highest BCUT2D eigenvalue weighted by Crippen LogP contribution is 2.50. The molecule has 1 heterocycles. The molecular formula is C54H33NO. The SMILES string of the molecule is c1cc(-c2ccc3ccc4ccccc4c3c2)cc(N(c2ccc(-c3cccc4c3oc3ccccc34)cc2)c2ccc3c(c2)-c2cccc4cccc-3c24)c1. The van der Waals surface area contributed by atoms with Crippen LogP contribution in [0.3, 0.4) is 0 Å². The van der Waals surface area contributed by atoms with Crippen LogP contribution in [0.2, 0.25) is 0 Å². The second kappa shape index (κ2) is 12.0. The van der Waals surface area contributed by atoms with Crippen LogP contribution >= 0.6 is 0 Å². The van der Waals surface area contributed by atoms with E-state index in [1.165, 1.54) is 65.7 Å². The molecule has 0 bridgehead atoms. The van der Waals surface area contributed by atoms with Crippen molar-refractivity contribution in [3.63, 3.8) is 0 Å². The van der Waals surface area contributed by atoms with E-state index in [1.54, 1.807) is 0 Å². The lowest BCUT2D eigenvalue weighted by Crippen LogP contribution is -2.10. The fourth-order valence-electron chi connectivity index (χ4n) is 9.14. The molecule has 0 saturated heterocycles. The van der Waals surface area contributed by atoms with Gasteiger partial charge in [-0.1, -0.05) is 152 Å². The minimum absolute atomic E-state index is 0.909. The highest BCUT2D eigenvalue weighted by molar-refractivity contribution is 6.16. The highest BCUT2D eigenvalue weighted by atomic mass is 16.3. The van der Waals surface area contributed by atoms with Gasteiger partial charge in [0.1, 0.15) is 11.2 Å². The van der Waals surface area contributed by atoms with Crippen LogP contribution in [-0.2, 0) is 0 Å². The number of para-hydroxylation sites is 2. The van der Waals surface area contributed by atoms with E-state index in [2.05, 4.69) is 193 Å². The first-order valence-electron chi connectivity index (χ1n) is 19.2. The molecule has 0 spiro atoms. The van der Waals surface area contributed by atoms with Gasteiger partial charge in [0.2, 0.25) is 0 Å². The van der Waals surface area contributed by atoms with Gasteiger partial charge in [-0.25, -0.2) is 0 Å². The molecule has 2 nitrogen and oxygen atoms in total. The molecule has 10 aromatic carbocycles. The zero-order chi connectivity index (χ0) is 36.7. The van der Waals surface area contributed by atoms with Crippen molar-refractivity contribution in [3.8, 4) is 44.5 Å². The van der Waals surface area contributed by atoms with Crippen LogP contribution in [-0.4, -0.2) is 0 Å². The lowest BCUT2D eigenvalue weighted by atomic mass is 9.96. The molecule has 56 heavy (non-hydrogen) atoms. The van der Waals surface area contributed by atoms with Gasteiger partial charge in [0, 0.05) is 33.4 Å². The highest BCUT2D eigenvalue weighted by Gasteiger charge is 2.24. The Morgan fingerprint density at radius 3 is 1.79 bits per heavy atom. The zero-order valence-corrected chi connectivity index (χ0v) is 30.4. The monoisotopic (exact) mass is 711 g/mol. The number of hydrogen-bond acceptors (Lipinski definition) is 2. The average Bonchev–Trinajstić information content (AvgIpc) is 3.81. The standard InChI is InChI=1S/C54H33NO/c1-2-14-43-34(9-1)21-22-36-23-24-39(32-50(36)43)38-12-5-13-41(31-38)55(42-29-30-45-47-17-6-10-37-11-7-18-48(53(37)47)51(45)33-42)40-27-25-35(26-28-40)44-16-8-19-49-46-15-3-4-20-52(46)56-54(44)49/h1-33H. The molecule has 0 atom stereocenters. The molecule has 0 aliphatic heterocycles. The second-order valence-corrected chi connectivity index (χ2v) is 14.9. The molecule has 11 aromatic rings. The van der Waals surface area contributed by atoms with Crippen molar-refractivity contribution in [1.29, 1.82) is 0 Å². The van der Waals surface area contributed by atoms with Crippen molar-refractivity contribution in [3.05, 3.63) is 200 Å². The summed E-state index contributed by atoms with van der Waals surface area (Å²) in [5, 5.41) is 9.94. The molecule has 0 N–H and O–H groups in total. The van der Waals surface area contributed by atoms with Crippen molar-refractivity contribution in [2.45, 2.75) is 0 Å². The summed E-state index contributed by atoms with van der Waals surface area (Å²) in [6, 6.07) is 72.9. The number of nitrogens with zero attached hydrogens (tertiary/aromatic N) is 1. The normalized spacial score (nSPS) is 11.9. The predicted molar refractivity (Wildman–Crippen MR) is 236 cm³/mol. The molecule has 0 fully saturated rings. The molecule has 260 valence electrons. The van der Waals surface area contributed by atoms with Crippen LogP contribution in [0.4, 0.5) is 17.1 Å². The summed E-state index contributed by atoms with van der Waals surface area (Å²) < 4.78 is 6.44. The van der Waals surface area contributed by atoms with Crippen molar-refractivity contribution >= 4 is 71.3 Å². The minimum atomic E-state index is 0.909. The third-order valence-corrected chi connectivity index (χ3v) is 11.8. The van der Waals surface area contributed by atoms with Crippen LogP contribution in [0.25, 0.3) is 98.8 Å². The van der Waals surface area contributed by atoms with Gasteiger partial charge < -0.3 is 9.32 Å². The Morgan fingerprint density at radius 1 is 0.304 bits per heavy atom. The van der Waals surface area contributed by atoms with Crippen molar-refractivity contribution < 1.29 is 4.42 Å². The van der Waals surface area contributed by atoms with E-state index in [0.717, 1.165) is 50.1 Å². The molecule has 0 radical (unpaired) electrons. The molecule has 0 unspecified atom stereocenters. The molecule has 1 aromatic heterocycles. The first-order valence-corrected chi connectivity index (χ1v) is 19.2. The van der Waals surface area contributed by atoms with Crippen molar-refractivity contribution in [2.24, 2.45) is 0 Å². The van der Waals surface area contributed by atoms with Crippen LogP contribution in [0.1, 0.15) is 0 Å². The lowest BCUT2D eigenvalue weighted by Gasteiger charge is -2.27. The number of hydrogen-bond donors (Lipinski definition) is 0. The zero-order valence-electron chi connectivity index (χ0n) is 30.4. The second-order valence-electron chi connectivity index (χ2n) is 14.9. The number of anilines is 3. The largest absolute Gasteiger partial charge is 0.455 e. The van der Waals surface area contributed by atoms with Crippen molar-refractivity contribution in [1.82, 2.24) is 0 Å². The number of fused-ring (bicyclic) bond motifs is 9. The Kier molecular flexibility index (Phi) is 6.66. The topological polar surface area (TPSA) is 16.4 Å². The Morgan fingerprint density at radius 2 is 0.911 bits per heavy atom. The summed E-state index contributed by atoms with van der Waals surface area (Å²) in [5.74, 6) is 0. The summed E-state index contributed by atoms with van der Waals surface area (Å²) in [6.07, 6.45) is 0. The van der Waals surface area contributed by atoms with Gasteiger partial charge in [-0.15, -0.1) is 0 Å². The minimum Gasteiger partial charge on any atom is -0.455 e. The molecule has 12 rings (SSSR count). The maximum atomic E-state index is 6.44. The summed E-state index contributed by atoms with van der Waals surface area (Å²) in [6.45, 7) is 0. The fraction of sp³-hybridized carbons (Fsp3) is 0. The van der Waals surface area contributed by atoms with Gasteiger partial charge in [0.25, 0.3) is 0 Å². The van der Waals surface area contributed by atoms with Gasteiger partial charge in [-0.05, 0) is 120 Å². The fourth-order valence-corrected chi connectivity index (χ4v) is 9.14. The molecule has 0 saturated carbocycles. The number of benzene rings is 10. The lowest BCUT2D eigenvalue weighted by molar-refractivity contribution is 0.670. The third-order valence-electron chi connectivity index (χ3n) is 11.8. The van der Waals surface area contributed by atoms with Crippen LogP contribution in [0.5, 0.6) is 0 Å². The Bertz CT molecular complexity index is 3360. The van der Waals surface area contributed by atoms with Gasteiger partial charge in [-0.2, -0.15) is 0 Å². The Labute approximate surface area is 324 Å². The van der Waals surface area contributed by atoms with E-state index in [-0.39, 0.29) is 0 Å². The third kappa shape index (κ3) is 4.69.